The van der Waals surface area contributed by atoms with Crippen molar-refractivity contribution in [3.63, 3.8) is 0 Å². The van der Waals surface area contributed by atoms with Crippen LogP contribution in [0.3, 0.4) is 0 Å². The van der Waals surface area contributed by atoms with Crippen LogP contribution in [-0.4, -0.2) is 56.5 Å². The molecule has 2 aromatic carbocycles. The Hall–Kier alpha value is -2.90. The third-order valence-electron chi connectivity index (χ3n) is 3.87. The van der Waals surface area contributed by atoms with E-state index in [1.807, 2.05) is 12.1 Å². The molecule has 0 aliphatic carbocycles. The summed E-state index contributed by atoms with van der Waals surface area (Å²) in [6, 6.07) is 13.5. The molecule has 0 fully saturated rings. The number of carbonyl (C=O) groups excluding carboxylic acids is 2. The van der Waals surface area contributed by atoms with Crippen molar-refractivity contribution in [2.75, 3.05) is 39.6 Å². The van der Waals surface area contributed by atoms with Crippen molar-refractivity contribution in [2.45, 2.75) is 27.2 Å². The van der Waals surface area contributed by atoms with Crippen molar-refractivity contribution < 1.29 is 33.6 Å². The molecule has 0 heterocycles. The molecule has 0 radical (unpaired) electrons. The van der Waals surface area contributed by atoms with Gasteiger partial charge in [-0.15, -0.1) is 0 Å². The molecule has 0 bridgehead atoms. The number of ether oxygens (including phenoxy) is 4. The maximum atomic E-state index is 11.4. The van der Waals surface area contributed by atoms with Gasteiger partial charge in [0.2, 0.25) is 0 Å². The number of aromatic hydroxyl groups is 1. The summed E-state index contributed by atoms with van der Waals surface area (Å²) in [6.07, 6.45) is 1.02. The number of benzene rings is 2. The molecule has 0 atom stereocenters. The normalized spacial score (nSPS) is 10.0. The number of carbonyl (C=O) groups is 2. The maximum absolute atomic E-state index is 11.4. The Balaban J connectivity index is 0.000000343. The summed E-state index contributed by atoms with van der Waals surface area (Å²) in [5.74, 6) is 0.0804. The molecule has 2 aromatic rings. The van der Waals surface area contributed by atoms with Gasteiger partial charge in [0.15, 0.2) is 5.78 Å². The van der Waals surface area contributed by atoms with Gasteiger partial charge < -0.3 is 24.1 Å². The summed E-state index contributed by atoms with van der Waals surface area (Å²) in [5.41, 5.74) is 0.813. The molecule has 170 valence electrons. The number of rotatable bonds is 12. The van der Waals surface area contributed by atoms with Gasteiger partial charge in [-0.1, -0.05) is 31.2 Å². The quantitative estimate of drug-likeness (QED) is 0.304. The van der Waals surface area contributed by atoms with Crippen molar-refractivity contribution in [1.82, 2.24) is 0 Å². The summed E-state index contributed by atoms with van der Waals surface area (Å²) in [5, 5.41) is 9.21. The molecule has 1 N–H and O–H groups in total. The number of ketones is 1. The van der Waals surface area contributed by atoms with Gasteiger partial charge in [-0.05, 0) is 44.5 Å². The standard InChI is InChI=1S/C15H22O4.C9H10O3/c1-3-8-17-9-10-18-11-12-19-15-7-5-4-6-14(15)13(2)16;1-2-12-9(11)7-5-3-4-6-8(7)10/h4-7H,3,8-12H2,1-2H3;3-6,10H,2H2,1H3. The van der Waals surface area contributed by atoms with Crippen LogP contribution >= 0.6 is 0 Å². The lowest BCUT2D eigenvalue weighted by molar-refractivity contribution is 0.0365. The van der Waals surface area contributed by atoms with E-state index in [1.165, 1.54) is 19.1 Å². The minimum Gasteiger partial charge on any atom is -0.507 e. The first-order valence-corrected chi connectivity index (χ1v) is 10.3. The molecule has 0 amide bonds. The largest absolute Gasteiger partial charge is 0.507 e. The zero-order valence-electron chi connectivity index (χ0n) is 18.5. The molecule has 0 saturated heterocycles. The van der Waals surface area contributed by atoms with Crippen LogP contribution in [0, 0.1) is 0 Å². The van der Waals surface area contributed by atoms with Crippen LogP contribution in [0.5, 0.6) is 11.5 Å². The van der Waals surface area contributed by atoms with Crippen LogP contribution < -0.4 is 4.74 Å². The number of esters is 1. The lowest BCUT2D eigenvalue weighted by atomic mass is 10.1. The summed E-state index contributed by atoms with van der Waals surface area (Å²) < 4.78 is 20.9. The van der Waals surface area contributed by atoms with Gasteiger partial charge in [0.05, 0.1) is 32.0 Å². The molecule has 0 aliphatic rings. The summed E-state index contributed by atoms with van der Waals surface area (Å²) in [7, 11) is 0. The minimum atomic E-state index is -0.490. The molecule has 0 unspecified atom stereocenters. The molecule has 2 rings (SSSR count). The molecule has 31 heavy (non-hydrogen) atoms. The number of para-hydroxylation sites is 2. The van der Waals surface area contributed by atoms with Crippen molar-refractivity contribution in [2.24, 2.45) is 0 Å². The van der Waals surface area contributed by atoms with Crippen LogP contribution in [0.25, 0.3) is 0 Å². The average Bonchev–Trinajstić information content (AvgIpc) is 2.76. The van der Waals surface area contributed by atoms with E-state index in [-0.39, 0.29) is 17.1 Å². The van der Waals surface area contributed by atoms with Crippen molar-refractivity contribution in [3.05, 3.63) is 59.7 Å². The molecule has 0 aromatic heterocycles. The molecule has 7 heteroatoms. The van der Waals surface area contributed by atoms with Crippen LogP contribution in [0.1, 0.15) is 47.9 Å². The monoisotopic (exact) mass is 432 g/mol. The maximum Gasteiger partial charge on any atom is 0.341 e. The third kappa shape index (κ3) is 10.6. The average molecular weight is 433 g/mol. The topological polar surface area (TPSA) is 91.3 Å². The van der Waals surface area contributed by atoms with E-state index >= 15 is 0 Å². The molecular weight excluding hydrogens is 400 g/mol. The predicted molar refractivity (Wildman–Crippen MR) is 118 cm³/mol. The second kappa shape index (κ2) is 15.9. The molecule has 0 spiro atoms. The summed E-state index contributed by atoms with van der Waals surface area (Å²) in [4.78, 5) is 22.5. The Morgan fingerprint density at radius 2 is 1.39 bits per heavy atom. The molecular formula is C24H32O7. The van der Waals surface area contributed by atoms with Gasteiger partial charge in [0, 0.05) is 6.61 Å². The SMILES string of the molecule is CCCOCCOCCOc1ccccc1C(C)=O.CCOC(=O)c1ccccc1O. The number of hydrogen-bond acceptors (Lipinski definition) is 7. The lowest BCUT2D eigenvalue weighted by Crippen LogP contribution is -2.12. The fourth-order valence-corrected chi connectivity index (χ4v) is 2.42. The van der Waals surface area contributed by atoms with E-state index in [2.05, 4.69) is 6.92 Å². The van der Waals surface area contributed by atoms with E-state index in [9.17, 15) is 14.7 Å². The van der Waals surface area contributed by atoms with Crippen molar-refractivity contribution >= 4 is 11.8 Å². The highest BCUT2D eigenvalue weighted by Gasteiger charge is 2.09. The minimum absolute atomic E-state index is 0.00415. The summed E-state index contributed by atoms with van der Waals surface area (Å²) >= 11 is 0. The second-order valence-corrected chi connectivity index (χ2v) is 6.36. The van der Waals surface area contributed by atoms with E-state index < -0.39 is 5.97 Å². The number of phenols is 1. The Labute approximate surface area is 183 Å². The van der Waals surface area contributed by atoms with Crippen LogP contribution in [0.15, 0.2) is 48.5 Å². The highest BCUT2D eigenvalue weighted by Crippen LogP contribution is 2.18. The highest BCUT2D eigenvalue weighted by molar-refractivity contribution is 5.96. The Morgan fingerprint density at radius 1 is 0.806 bits per heavy atom. The number of hydrogen-bond donors (Lipinski definition) is 1. The smallest absolute Gasteiger partial charge is 0.341 e. The van der Waals surface area contributed by atoms with E-state index in [0.717, 1.165) is 13.0 Å². The number of Topliss-reactive ketones (excluding diaryl/α,β-unsaturated/α-hetero) is 1. The molecule has 0 saturated carbocycles. The van der Waals surface area contributed by atoms with Gasteiger partial charge in [0.1, 0.15) is 23.7 Å². The molecule has 0 aliphatic heterocycles. The third-order valence-corrected chi connectivity index (χ3v) is 3.87. The molecule has 7 nitrogen and oxygen atoms in total. The first-order valence-electron chi connectivity index (χ1n) is 10.3. The van der Waals surface area contributed by atoms with Gasteiger partial charge in [0.25, 0.3) is 0 Å². The first kappa shape index (κ1) is 26.1. The lowest BCUT2D eigenvalue weighted by Gasteiger charge is -2.10. The van der Waals surface area contributed by atoms with E-state index in [0.29, 0.717) is 44.3 Å². The van der Waals surface area contributed by atoms with Crippen LogP contribution in [-0.2, 0) is 14.2 Å². The fraction of sp³-hybridized carbons (Fsp3) is 0.417. The van der Waals surface area contributed by atoms with Gasteiger partial charge in [-0.2, -0.15) is 0 Å². The highest BCUT2D eigenvalue weighted by atomic mass is 16.5. The Bertz CT molecular complexity index is 789. The van der Waals surface area contributed by atoms with E-state index in [4.69, 9.17) is 18.9 Å². The zero-order chi connectivity index (χ0) is 22.9. The zero-order valence-corrected chi connectivity index (χ0v) is 18.5. The van der Waals surface area contributed by atoms with Gasteiger partial charge >= 0.3 is 5.97 Å². The number of phenolic OH excluding ortho intramolecular Hbond substituents is 1. The fourth-order valence-electron chi connectivity index (χ4n) is 2.42. The van der Waals surface area contributed by atoms with Crippen LogP contribution in [0.4, 0.5) is 0 Å². The van der Waals surface area contributed by atoms with Crippen molar-refractivity contribution in [3.8, 4) is 11.5 Å². The van der Waals surface area contributed by atoms with Crippen molar-refractivity contribution in [1.29, 1.82) is 0 Å². The van der Waals surface area contributed by atoms with E-state index in [1.54, 1.807) is 31.2 Å². The summed E-state index contributed by atoms with van der Waals surface area (Å²) in [6.45, 7) is 8.50. The first-order chi connectivity index (χ1) is 15.0. The van der Waals surface area contributed by atoms with Gasteiger partial charge in [-0.25, -0.2) is 4.79 Å². The Kier molecular flexibility index (Phi) is 13.4. The Morgan fingerprint density at radius 3 is 2.00 bits per heavy atom. The van der Waals surface area contributed by atoms with Gasteiger partial charge in [-0.3, -0.25) is 4.79 Å². The second-order valence-electron chi connectivity index (χ2n) is 6.36. The van der Waals surface area contributed by atoms with Crippen LogP contribution in [0.2, 0.25) is 0 Å². The predicted octanol–water partition coefficient (Wildman–Crippen LogP) is 4.28.